The molecule has 0 saturated carbocycles. The highest BCUT2D eigenvalue weighted by atomic mass is 32.2. The molecule has 2 aromatic rings. The highest BCUT2D eigenvalue weighted by Gasteiger charge is 2.23. The normalized spacial score (nSPS) is 12.0. The minimum absolute atomic E-state index is 0.192. The molecule has 0 atom stereocenters. The minimum Gasteiger partial charge on any atom is -0.360 e. The van der Waals surface area contributed by atoms with E-state index in [1.54, 1.807) is 13.0 Å². The molecule has 120 valence electrons. The molecular weight excluding hydrogens is 302 g/mol. The third kappa shape index (κ3) is 4.66. The Bertz CT molecular complexity index is 683. The first-order valence-electron chi connectivity index (χ1n) is 7.15. The summed E-state index contributed by atoms with van der Waals surface area (Å²) in [4.78, 5) is 0. The lowest BCUT2D eigenvalue weighted by molar-refractivity contribution is 0.379. The molecule has 1 aromatic carbocycles. The van der Waals surface area contributed by atoms with Gasteiger partial charge in [0.1, 0.15) is 5.75 Å². The molecule has 0 aliphatic carbocycles. The molecule has 2 N–H and O–H groups in total. The highest BCUT2D eigenvalue weighted by Crippen LogP contribution is 2.13. The first-order valence-corrected chi connectivity index (χ1v) is 8.76. The lowest BCUT2D eigenvalue weighted by atomic mass is 10.1. The zero-order valence-electron chi connectivity index (χ0n) is 12.6. The van der Waals surface area contributed by atoms with Crippen molar-refractivity contribution in [2.24, 2.45) is 5.73 Å². The van der Waals surface area contributed by atoms with E-state index in [0.717, 1.165) is 5.56 Å². The standard InChI is InChI=1S/C15H21N3O3S/c1-13-11-15(21-17-13)12-22(19,20)18(10-8-16)9-7-14-5-3-2-4-6-14/h2-6,11H,7-10,12,16H2,1H3. The Morgan fingerprint density at radius 3 is 2.55 bits per heavy atom. The molecule has 6 nitrogen and oxygen atoms in total. The molecular formula is C15H21N3O3S. The van der Waals surface area contributed by atoms with E-state index in [1.807, 2.05) is 30.3 Å². The first kappa shape index (κ1) is 16.7. The molecule has 0 aliphatic heterocycles. The van der Waals surface area contributed by atoms with Crippen molar-refractivity contribution in [2.75, 3.05) is 19.6 Å². The van der Waals surface area contributed by atoms with Crippen LogP contribution in [0.1, 0.15) is 17.0 Å². The molecule has 1 aromatic heterocycles. The predicted molar refractivity (Wildman–Crippen MR) is 84.6 cm³/mol. The number of hydrogen-bond acceptors (Lipinski definition) is 5. The Morgan fingerprint density at radius 2 is 1.95 bits per heavy atom. The maximum atomic E-state index is 12.5. The SMILES string of the molecule is Cc1cc(CS(=O)(=O)N(CCN)CCc2ccccc2)on1. The van der Waals surface area contributed by atoms with Gasteiger partial charge in [0.05, 0.1) is 5.69 Å². The summed E-state index contributed by atoms with van der Waals surface area (Å²) in [6.45, 7) is 2.73. The molecule has 1 heterocycles. The van der Waals surface area contributed by atoms with Gasteiger partial charge in [-0.3, -0.25) is 0 Å². The van der Waals surface area contributed by atoms with Crippen molar-refractivity contribution in [3.05, 3.63) is 53.4 Å². The molecule has 7 heteroatoms. The van der Waals surface area contributed by atoms with Gasteiger partial charge in [-0.2, -0.15) is 4.31 Å². The molecule has 0 radical (unpaired) electrons. The molecule has 22 heavy (non-hydrogen) atoms. The average Bonchev–Trinajstić information content (AvgIpc) is 2.88. The summed E-state index contributed by atoms with van der Waals surface area (Å²) in [7, 11) is -3.47. The fourth-order valence-electron chi connectivity index (χ4n) is 2.19. The van der Waals surface area contributed by atoms with E-state index in [-0.39, 0.29) is 12.3 Å². The van der Waals surface area contributed by atoms with Crippen LogP contribution in [0.25, 0.3) is 0 Å². The second kappa shape index (κ2) is 7.53. The van der Waals surface area contributed by atoms with Gasteiger partial charge in [-0.05, 0) is 18.9 Å². The van der Waals surface area contributed by atoms with Crippen molar-refractivity contribution in [3.8, 4) is 0 Å². The summed E-state index contributed by atoms with van der Waals surface area (Å²) in [6, 6.07) is 11.4. The van der Waals surface area contributed by atoms with E-state index in [4.69, 9.17) is 10.3 Å². The Kier molecular flexibility index (Phi) is 5.70. The molecule has 2 rings (SSSR count). The van der Waals surface area contributed by atoms with Crippen LogP contribution >= 0.6 is 0 Å². The lowest BCUT2D eigenvalue weighted by Gasteiger charge is -2.20. The van der Waals surface area contributed by atoms with Gasteiger partial charge in [0.2, 0.25) is 10.0 Å². The Hall–Kier alpha value is -1.70. The second-order valence-corrected chi connectivity index (χ2v) is 7.08. The largest absolute Gasteiger partial charge is 0.360 e. The van der Waals surface area contributed by atoms with Gasteiger partial charge < -0.3 is 10.3 Å². The van der Waals surface area contributed by atoms with Gasteiger partial charge in [-0.1, -0.05) is 35.5 Å². The van der Waals surface area contributed by atoms with Gasteiger partial charge in [-0.25, -0.2) is 8.42 Å². The zero-order chi connectivity index (χ0) is 16.0. The van der Waals surface area contributed by atoms with Crippen LogP contribution in [-0.4, -0.2) is 37.5 Å². The molecule has 0 amide bonds. The number of aromatic nitrogens is 1. The van der Waals surface area contributed by atoms with Crippen LogP contribution in [-0.2, 0) is 22.2 Å². The van der Waals surface area contributed by atoms with E-state index in [0.29, 0.717) is 31.0 Å². The highest BCUT2D eigenvalue weighted by molar-refractivity contribution is 7.88. The van der Waals surface area contributed by atoms with Gasteiger partial charge in [0.25, 0.3) is 0 Å². The summed E-state index contributed by atoms with van der Waals surface area (Å²) in [6.07, 6.45) is 0.648. The van der Waals surface area contributed by atoms with E-state index in [2.05, 4.69) is 5.16 Å². The van der Waals surface area contributed by atoms with Crippen LogP contribution in [0, 0.1) is 6.92 Å². The Balaban J connectivity index is 2.05. The van der Waals surface area contributed by atoms with Crippen LogP contribution in [0.5, 0.6) is 0 Å². The van der Waals surface area contributed by atoms with Crippen LogP contribution in [0.2, 0.25) is 0 Å². The number of sulfonamides is 1. The van der Waals surface area contributed by atoms with E-state index in [1.165, 1.54) is 4.31 Å². The van der Waals surface area contributed by atoms with E-state index < -0.39 is 10.0 Å². The Morgan fingerprint density at radius 1 is 1.23 bits per heavy atom. The number of benzene rings is 1. The zero-order valence-corrected chi connectivity index (χ0v) is 13.4. The van der Waals surface area contributed by atoms with Gasteiger partial charge in [0.15, 0.2) is 5.76 Å². The number of nitrogens with two attached hydrogens (primary N) is 1. The van der Waals surface area contributed by atoms with Crippen molar-refractivity contribution in [1.82, 2.24) is 9.46 Å². The number of aryl methyl sites for hydroxylation is 1. The fourth-order valence-corrected chi connectivity index (χ4v) is 3.62. The number of nitrogens with zero attached hydrogens (tertiary/aromatic N) is 2. The molecule has 0 aliphatic rings. The smallest absolute Gasteiger partial charge is 0.221 e. The fraction of sp³-hybridized carbons (Fsp3) is 0.400. The van der Waals surface area contributed by atoms with Crippen LogP contribution in [0.15, 0.2) is 40.9 Å². The second-order valence-electron chi connectivity index (χ2n) is 5.11. The summed E-state index contributed by atoms with van der Waals surface area (Å²) in [5, 5.41) is 3.72. The molecule has 0 saturated heterocycles. The number of hydrogen-bond donors (Lipinski definition) is 1. The monoisotopic (exact) mass is 323 g/mol. The van der Waals surface area contributed by atoms with E-state index in [9.17, 15) is 8.42 Å². The first-order chi connectivity index (χ1) is 10.5. The van der Waals surface area contributed by atoms with Crippen LogP contribution < -0.4 is 5.73 Å². The van der Waals surface area contributed by atoms with Crippen molar-refractivity contribution < 1.29 is 12.9 Å². The van der Waals surface area contributed by atoms with Gasteiger partial charge >= 0.3 is 0 Å². The van der Waals surface area contributed by atoms with Gasteiger partial charge in [-0.15, -0.1) is 0 Å². The summed E-state index contributed by atoms with van der Waals surface area (Å²) in [5.74, 6) is 0.155. The molecule has 0 fully saturated rings. The van der Waals surface area contributed by atoms with Crippen molar-refractivity contribution in [2.45, 2.75) is 19.1 Å². The topological polar surface area (TPSA) is 89.4 Å². The molecule has 0 bridgehead atoms. The van der Waals surface area contributed by atoms with Gasteiger partial charge in [0, 0.05) is 25.7 Å². The van der Waals surface area contributed by atoms with Crippen molar-refractivity contribution in [3.63, 3.8) is 0 Å². The number of rotatable bonds is 8. The summed E-state index contributed by atoms with van der Waals surface area (Å²) in [5.41, 5.74) is 7.31. The molecule has 0 spiro atoms. The van der Waals surface area contributed by atoms with Crippen LogP contribution in [0.3, 0.4) is 0 Å². The maximum absolute atomic E-state index is 12.5. The minimum atomic E-state index is -3.47. The predicted octanol–water partition coefficient (Wildman–Crippen LogP) is 1.32. The maximum Gasteiger partial charge on any atom is 0.221 e. The van der Waals surface area contributed by atoms with Crippen molar-refractivity contribution >= 4 is 10.0 Å². The lowest BCUT2D eigenvalue weighted by Crippen LogP contribution is -2.37. The quantitative estimate of drug-likeness (QED) is 0.791. The van der Waals surface area contributed by atoms with E-state index >= 15 is 0 Å². The average molecular weight is 323 g/mol. The van der Waals surface area contributed by atoms with Crippen LogP contribution in [0.4, 0.5) is 0 Å². The Labute approximate surface area is 131 Å². The summed E-state index contributed by atoms with van der Waals surface area (Å²) < 4.78 is 31.4. The third-order valence-electron chi connectivity index (χ3n) is 3.27. The third-order valence-corrected chi connectivity index (χ3v) is 5.07. The van der Waals surface area contributed by atoms with Crippen molar-refractivity contribution in [1.29, 1.82) is 0 Å². The molecule has 0 unspecified atom stereocenters. The summed E-state index contributed by atoms with van der Waals surface area (Å²) >= 11 is 0.